The third-order valence-corrected chi connectivity index (χ3v) is 3.96. The highest BCUT2D eigenvalue weighted by Gasteiger charge is 2.26. The molecule has 1 N–H and O–H groups in total. The number of hydrogen-bond donors (Lipinski definition) is 1. The number of nitrogens with zero attached hydrogens (tertiary/aromatic N) is 2. The number of aromatic carboxylic acids is 1. The van der Waals surface area contributed by atoms with Crippen LogP contribution in [0.3, 0.4) is 0 Å². The molecule has 0 aromatic heterocycles. The second-order valence-electron chi connectivity index (χ2n) is 6.62. The van der Waals surface area contributed by atoms with E-state index in [1.54, 1.807) is 12.1 Å². The smallest absolute Gasteiger partial charge is 0.335 e. The van der Waals surface area contributed by atoms with Crippen LogP contribution in [0.2, 0.25) is 0 Å². The van der Waals surface area contributed by atoms with Crippen molar-refractivity contribution in [3.8, 4) is 0 Å². The van der Waals surface area contributed by atoms with Gasteiger partial charge in [-0.2, -0.15) is 0 Å². The lowest BCUT2D eigenvalue weighted by Crippen LogP contribution is -2.49. The first-order valence-corrected chi connectivity index (χ1v) is 7.73. The summed E-state index contributed by atoms with van der Waals surface area (Å²) in [6, 6.07) is 7.10. The molecule has 0 spiro atoms. The van der Waals surface area contributed by atoms with E-state index >= 15 is 0 Å². The topological polar surface area (TPSA) is 53.0 Å². The molecule has 1 aliphatic heterocycles. The SMILES string of the molecule is CN(CCN1CCOC(C)(C)C1)Cc1ccc(C(=O)O)cc1. The van der Waals surface area contributed by atoms with Crippen molar-refractivity contribution in [1.29, 1.82) is 0 Å². The molecule has 1 saturated heterocycles. The zero-order chi connectivity index (χ0) is 16.2. The fourth-order valence-corrected chi connectivity index (χ4v) is 2.76. The second kappa shape index (κ2) is 7.22. The summed E-state index contributed by atoms with van der Waals surface area (Å²) in [4.78, 5) is 15.5. The summed E-state index contributed by atoms with van der Waals surface area (Å²) < 4.78 is 5.73. The minimum atomic E-state index is -0.880. The highest BCUT2D eigenvalue weighted by molar-refractivity contribution is 5.87. The lowest BCUT2D eigenvalue weighted by molar-refractivity contribution is -0.0868. The molecule has 0 atom stereocenters. The van der Waals surface area contributed by atoms with Crippen molar-refractivity contribution < 1.29 is 14.6 Å². The summed E-state index contributed by atoms with van der Waals surface area (Å²) in [5.41, 5.74) is 1.42. The van der Waals surface area contributed by atoms with Crippen LogP contribution in [-0.4, -0.2) is 66.3 Å². The molecule has 1 fully saturated rings. The molecule has 0 bridgehead atoms. The zero-order valence-electron chi connectivity index (χ0n) is 13.7. The fourth-order valence-electron chi connectivity index (χ4n) is 2.76. The summed E-state index contributed by atoms with van der Waals surface area (Å²) in [6.07, 6.45) is 0. The van der Waals surface area contributed by atoms with Crippen LogP contribution < -0.4 is 0 Å². The standard InChI is InChI=1S/C17H26N2O3/c1-17(2)13-19(10-11-22-17)9-8-18(3)12-14-4-6-15(7-5-14)16(20)21/h4-7H,8-13H2,1-3H3,(H,20,21). The molecule has 0 saturated carbocycles. The van der Waals surface area contributed by atoms with Gasteiger partial charge in [0.15, 0.2) is 0 Å². The molecule has 22 heavy (non-hydrogen) atoms. The summed E-state index contributed by atoms with van der Waals surface area (Å²) >= 11 is 0. The summed E-state index contributed by atoms with van der Waals surface area (Å²) in [6.45, 7) is 9.85. The molecule has 0 amide bonds. The van der Waals surface area contributed by atoms with Gasteiger partial charge in [-0.3, -0.25) is 4.90 Å². The van der Waals surface area contributed by atoms with E-state index in [0.29, 0.717) is 5.56 Å². The number of carbonyl (C=O) groups is 1. The van der Waals surface area contributed by atoms with Gasteiger partial charge < -0.3 is 14.7 Å². The Kier molecular flexibility index (Phi) is 5.56. The molecule has 0 unspecified atom stereocenters. The van der Waals surface area contributed by atoms with E-state index in [1.165, 1.54) is 0 Å². The minimum absolute atomic E-state index is 0.0521. The van der Waals surface area contributed by atoms with Crippen molar-refractivity contribution in [2.75, 3.05) is 39.8 Å². The van der Waals surface area contributed by atoms with Gasteiger partial charge in [-0.05, 0) is 38.6 Å². The van der Waals surface area contributed by atoms with Crippen LogP contribution in [0.25, 0.3) is 0 Å². The van der Waals surface area contributed by atoms with E-state index in [-0.39, 0.29) is 5.60 Å². The van der Waals surface area contributed by atoms with Crippen LogP contribution in [0, 0.1) is 0 Å². The van der Waals surface area contributed by atoms with Gasteiger partial charge in [0.2, 0.25) is 0 Å². The maximum atomic E-state index is 10.8. The molecule has 0 aliphatic carbocycles. The number of morpholine rings is 1. The van der Waals surface area contributed by atoms with E-state index in [0.717, 1.165) is 44.9 Å². The number of carboxylic acids is 1. The molecule has 2 rings (SSSR count). The Morgan fingerprint density at radius 2 is 2.05 bits per heavy atom. The van der Waals surface area contributed by atoms with Crippen LogP contribution >= 0.6 is 0 Å². The number of carboxylic acid groups (broad SMARTS) is 1. The van der Waals surface area contributed by atoms with Gasteiger partial charge in [0.1, 0.15) is 0 Å². The monoisotopic (exact) mass is 306 g/mol. The largest absolute Gasteiger partial charge is 0.478 e. The predicted molar refractivity (Wildman–Crippen MR) is 86.2 cm³/mol. The minimum Gasteiger partial charge on any atom is -0.478 e. The molecular formula is C17H26N2O3. The Labute approximate surface area is 132 Å². The van der Waals surface area contributed by atoms with E-state index < -0.39 is 5.97 Å². The number of likely N-dealkylation sites (N-methyl/N-ethyl adjacent to an activating group) is 1. The molecule has 1 aromatic carbocycles. The molecular weight excluding hydrogens is 280 g/mol. The maximum Gasteiger partial charge on any atom is 0.335 e. The average molecular weight is 306 g/mol. The lowest BCUT2D eigenvalue weighted by atomic mass is 10.1. The number of hydrogen-bond acceptors (Lipinski definition) is 4. The quantitative estimate of drug-likeness (QED) is 0.870. The fraction of sp³-hybridized carbons (Fsp3) is 0.588. The van der Waals surface area contributed by atoms with Crippen LogP contribution in [-0.2, 0) is 11.3 Å². The first kappa shape index (κ1) is 16.9. The summed E-state index contributed by atoms with van der Waals surface area (Å²) in [5.74, 6) is -0.880. The van der Waals surface area contributed by atoms with Crippen LogP contribution in [0.1, 0.15) is 29.8 Å². The van der Waals surface area contributed by atoms with Crippen LogP contribution in [0.4, 0.5) is 0 Å². The van der Waals surface area contributed by atoms with Gasteiger partial charge in [-0.1, -0.05) is 12.1 Å². The van der Waals surface area contributed by atoms with Gasteiger partial charge in [-0.25, -0.2) is 4.79 Å². The molecule has 5 heteroatoms. The van der Waals surface area contributed by atoms with Crippen molar-refractivity contribution in [3.63, 3.8) is 0 Å². The molecule has 1 aromatic rings. The molecule has 0 radical (unpaired) electrons. The number of benzene rings is 1. The van der Waals surface area contributed by atoms with E-state index in [1.807, 2.05) is 12.1 Å². The normalized spacial score (nSPS) is 18.5. The van der Waals surface area contributed by atoms with Crippen molar-refractivity contribution >= 4 is 5.97 Å². The van der Waals surface area contributed by atoms with Crippen molar-refractivity contribution in [1.82, 2.24) is 9.80 Å². The lowest BCUT2D eigenvalue weighted by Gasteiger charge is -2.38. The van der Waals surface area contributed by atoms with Gasteiger partial charge in [0.25, 0.3) is 0 Å². The Balaban J connectivity index is 1.78. The number of ether oxygens (including phenoxy) is 1. The molecule has 1 aliphatic rings. The van der Waals surface area contributed by atoms with Gasteiger partial charge >= 0.3 is 5.97 Å². The Morgan fingerprint density at radius 1 is 1.36 bits per heavy atom. The van der Waals surface area contributed by atoms with Crippen molar-refractivity contribution in [2.45, 2.75) is 26.0 Å². The van der Waals surface area contributed by atoms with Crippen LogP contribution in [0.15, 0.2) is 24.3 Å². The third kappa shape index (κ3) is 5.09. The van der Waals surface area contributed by atoms with Crippen LogP contribution in [0.5, 0.6) is 0 Å². The Hall–Kier alpha value is -1.43. The van der Waals surface area contributed by atoms with Crippen molar-refractivity contribution in [2.24, 2.45) is 0 Å². The predicted octanol–water partition coefficient (Wildman–Crippen LogP) is 1.93. The zero-order valence-corrected chi connectivity index (χ0v) is 13.7. The van der Waals surface area contributed by atoms with Gasteiger partial charge in [0, 0.05) is 32.7 Å². The van der Waals surface area contributed by atoms with Gasteiger partial charge in [0.05, 0.1) is 17.8 Å². The Morgan fingerprint density at radius 3 is 2.64 bits per heavy atom. The first-order valence-electron chi connectivity index (χ1n) is 7.73. The van der Waals surface area contributed by atoms with Crippen molar-refractivity contribution in [3.05, 3.63) is 35.4 Å². The highest BCUT2D eigenvalue weighted by Crippen LogP contribution is 2.16. The van der Waals surface area contributed by atoms with E-state index in [2.05, 4.69) is 30.7 Å². The third-order valence-electron chi connectivity index (χ3n) is 3.96. The number of rotatable bonds is 6. The molecule has 5 nitrogen and oxygen atoms in total. The Bertz CT molecular complexity index is 499. The molecule has 122 valence electrons. The van der Waals surface area contributed by atoms with E-state index in [9.17, 15) is 4.79 Å². The second-order valence-corrected chi connectivity index (χ2v) is 6.62. The summed E-state index contributed by atoms with van der Waals surface area (Å²) in [5, 5.41) is 8.90. The molecule has 1 heterocycles. The maximum absolute atomic E-state index is 10.8. The first-order chi connectivity index (χ1) is 10.4. The average Bonchev–Trinajstić information content (AvgIpc) is 2.45. The van der Waals surface area contributed by atoms with E-state index in [4.69, 9.17) is 9.84 Å². The van der Waals surface area contributed by atoms with Gasteiger partial charge in [-0.15, -0.1) is 0 Å². The highest BCUT2D eigenvalue weighted by atomic mass is 16.5. The summed E-state index contributed by atoms with van der Waals surface area (Å²) in [7, 11) is 2.09.